The van der Waals surface area contributed by atoms with Crippen molar-refractivity contribution in [1.29, 1.82) is 0 Å². The van der Waals surface area contributed by atoms with Gasteiger partial charge in [-0.2, -0.15) is 0 Å². The normalized spacial score (nSPS) is 15.6. The smallest absolute Gasteiger partial charge is 0.305 e. The van der Waals surface area contributed by atoms with Crippen LogP contribution in [0.3, 0.4) is 0 Å². The average molecular weight is 338 g/mol. The van der Waals surface area contributed by atoms with E-state index in [1.165, 1.54) is 26.4 Å². The van der Waals surface area contributed by atoms with E-state index >= 15 is 0 Å². The molecule has 23 heavy (non-hydrogen) atoms. The molecule has 0 heterocycles. The molecule has 0 bridgehead atoms. The lowest BCUT2D eigenvalue weighted by Gasteiger charge is -2.22. The summed E-state index contributed by atoms with van der Waals surface area (Å²) in [6.07, 6.45) is -0.351. The lowest BCUT2D eigenvalue weighted by molar-refractivity contribution is -0.140. The number of esters is 1. The molecule has 0 radical (unpaired) electrons. The number of carbonyl (C=O) groups excluding carboxylic acids is 2. The maximum absolute atomic E-state index is 10.6. The van der Waals surface area contributed by atoms with Gasteiger partial charge in [-0.25, -0.2) is 0 Å². The number of aliphatic hydroxyl groups is 5. The van der Waals surface area contributed by atoms with Gasteiger partial charge in [0, 0.05) is 6.42 Å². The van der Waals surface area contributed by atoms with Gasteiger partial charge in [0.05, 0.1) is 13.7 Å². The van der Waals surface area contributed by atoms with Crippen LogP contribution in [0.25, 0.3) is 0 Å². The summed E-state index contributed by atoms with van der Waals surface area (Å²) in [5, 5.41) is 43.5. The molecule has 4 atom stereocenters. The molecule has 0 saturated heterocycles. The highest BCUT2D eigenvalue weighted by Gasteiger charge is 2.29. The number of ether oxygens (including phenoxy) is 1. The van der Waals surface area contributed by atoms with Crippen molar-refractivity contribution in [3.8, 4) is 0 Å². The van der Waals surface area contributed by atoms with E-state index in [0.29, 0.717) is 6.42 Å². The standard InChI is InChI=1S/C9H18O2.C6H12O6/c1-3-4-5-6-7-8-9(10)11-2;7-1-3(9)5(11)6(12)4(10)2-8/h3-8H2,1-2H3;1,3-6,8-12H,2H2/t;3-,4+,5+,6+/m.0/s1. The number of hydrogen-bond donors (Lipinski definition) is 5. The van der Waals surface area contributed by atoms with Gasteiger partial charge in [0.2, 0.25) is 0 Å². The Morgan fingerprint density at radius 3 is 2.04 bits per heavy atom. The van der Waals surface area contributed by atoms with E-state index in [4.69, 9.17) is 25.5 Å². The Morgan fingerprint density at radius 1 is 1.04 bits per heavy atom. The summed E-state index contributed by atoms with van der Waals surface area (Å²) in [6, 6.07) is 0. The summed E-state index contributed by atoms with van der Waals surface area (Å²) < 4.78 is 4.52. The lowest BCUT2D eigenvalue weighted by atomic mass is 10.0. The van der Waals surface area contributed by atoms with Crippen molar-refractivity contribution >= 4 is 12.3 Å². The maximum Gasteiger partial charge on any atom is 0.305 e. The highest BCUT2D eigenvalue weighted by atomic mass is 16.5. The van der Waals surface area contributed by atoms with Gasteiger partial charge in [0.15, 0.2) is 6.29 Å². The van der Waals surface area contributed by atoms with E-state index in [0.717, 1.165) is 12.8 Å². The van der Waals surface area contributed by atoms with E-state index in [9.17, 15) is 9.59 Å². The first-order chi connectivity index (χ1) is 10.8. The van der Waals surface area contributed by atoms with Crippen molar-refractivity contribution in [2.45, 2.75) is 69.9 Å². The minimum absolute atomic E-state index is 0.0258. The molecule has 0 aromatic heterocycles. The molecule has 0 aromatic rings. The number of aldehydes is 1. The van der Waals surface area contributed by atoms with Crippen LogP contribution in [0.15, 0.2) is 0 Å². The van der Waals surface area contributed by atoms with Crippen LogP contribution in [0.4, 0.5) is 0 Å². The molecule has 0 amide bonds. The summed E-state index contributed by atoms with van der Waals surface area (Å²) in [7, 11) is 1.44. The number of rotatable bonds is 11. The number of carbonyl (C=O) groups is 2. The molecule has 0 aliphatic heterocycles. The van der Waals surface area contributed by atoms with E-state index in [-0.39, 0.29) is 12.3 Å². The zero-order valence-electron chi connectivity index (χ0n) is 13.8. The largest absolute Gasteiger partial charge is 0.469 e. The first-order valence-corrected chi connectivity index (χ1v) is 7.70. The highest BCUT2D eigenvalue weighted by Crippen LogP contribution is 2.05. The van der Waals surface area contributed by atoms with Crippen molar-refractivity contribution in [3.05, 3.63) is 0 Å². The van der Waals surface area contributed by atoms with Crippen molar-refractivity contribution in [3.63, 3.8) is 0 Å². The Bertz CT molecular complexity index is 297. The first kappa shape index (κ1) is 24.2. The molecule has 0 aromatic carbocycles. The molecule has 0 aliphatic rings. The van der Waals surface area contributed by atoms with Crippen LogP contribution in [-0.4, -0.2) is 75.9 Å². The van der Waals surface area contributed by atoms with E-state index in [1.54, 1.807) is 0 Å². The minimum Gasteiger partial charge on any atom is -0.469 e. The highest BCUT2D eigenvalue weighted by molar-refractivity contribution is 5.68. The summed E-state index contributed by atoms with van der Waals surface area (Å²) in [6.45, 7) is 1.42. The van der Waals surface area contributed by atoms with Crippen LogP contribution >= 0.6 is 0 Å². The Hall–Kier alpha value is -1.06. The Kier molecular flexibility index (Phi) is 16.6. The topological polar surface area (TPSA) is 145 Å². The number of unbranched alkanes of at least 4 members (excludes halogenated alkanes) is 4. The second-order valence-corrected chi connectivity index (χ2v) is 5.10. The van der Waals surface area contributed by atoms with Crippen molar-refractivity contribution in [2.75, 3.05) is 13.7 Å². The van der Waals surface area contributed by atoms with Gasteiger partial charge in [-0.3, -0.25) is 4.79 Å². The fourth-order valence-electron chi connectivity index (χ4n) is 1.59. The lowest BCUT2D eigenvalue weighted by Crippen LogP contribution is -2.46. The summed E-state index contributed by atoms with van der Waals surface area (Å²) in [5.74, 6) is -0.0819. The van der Waals surface area contributed by atoms with Crippen LogP contribution in [0.2, 0.25) is 0 Å². The van der Waals surface area contributed by atoms with Crippen molar-refractivity contribution < 1.29 is 39.9 Å². The van der Waals surface area contributed by atoms with Gasteiger partial charge < -0.3 is 35.1 Å². The first-order valence-electron chi connectivity index (χ1n) is 7.70. The van der Waals surface area contributed by atoms with Gasteiger partial charge in [0.1, 0.15) is 24.4 Å². The fourth-order valence-corrected chi connectivity index (χ4v) is 1.59. The average Bonchev–Trinajstić information content (AvgIpc) is 2.58. The third-order valence-electron chi connectivity index (χ3n) is 3.13. The monoisotopic (exact) mass is 338 g/mol. The van der Waals surface area contributed by atoms with Crippen LogP contribution in [-0.2, 0) is 14.3 Å². The van der Waals surface area contributed by atoms with Crippen molar-refractivity contribution in [1.82, 2.24) is 0 Å². The molecule has 8 heteroatoms. The van der Waals surface area contributed by atoms with Crippen LogP contribution in [0, 0.1) is 0 Å². The summed E-state index contributed by atoms with van der Waals surface area (Å²) in [4.78, 5) is 20.5. The van der Waals surface area contributed by atoms with Gasteiger partial charge in [-0.15, -0.1) is 0 Å². The SMILES string of the molecule is CCCCCCCC(=O)OC.O=C[C@H](O)[C@@H](O)[C@H](O)[C@H](O)CO. The molecule has 0 aliphatic carbocycles. The minimum atomic E-state index is -1.79. The van der Waals surface area contributed by atoms with Crippen LogP contribution in [0.1, 0.15) is 45.4 Å². The summed E-state index contributed by atoms with van der Waals surface area (Å²) in [5.41, 5.74) is 0. The quantitative estimate of drug-likeness (QED) is 0.186. The molecule has 0 spiro atoms. The van der Waals surface area contributed by atoms with E-state index in [2.05, 4.69) is 11.7 Å². The maximum atomic E-state index is 10.6. The second-order valence-electron chi connectivity index (χ2n) is 5.10. The number of aliphatic hydroxyl groups excluding tert-OH is 5. The zero-order valence-corrected chi connectivity index (χ0v) is 13.8. The Balaban J connectivity index is 0. The van der Waals surface area contributed by atoms with E-state index in [1.807, 2.05) is 0 Å². The van der Waals surface area contributed by atoms with Crippen LogP contribution < -0.4 is 0 Å². The predicted molar refractivity (Wildman–Crippen MR) is 82.6 cm³/mol. The van der Waals surface area contributed by atoms with Gasteiger partial charge >= 0.3 is 5.97 Å². The number of methoxy groups -OCH3 is 1. The van der Waals surface area contributed by atoms with E-state index < -0.39 is 31.0 Å². The molecular formula is C15H30O8. The predicted octanol–water partition coefficient (Wildman–Crippen LogP) is -0.859. The van der Waals surface area contributed by atoms with Gasteiger partial charge in [-0.05, 0) is 6.42 Å². The molecule has 5 N–H and O–H groups in total. The van der Waals surface area contributed by atoms with Gasteiger partial charge in [-0.1, -0.05) is 32.6 Å². The number of hydrogen-bond acceptors (Lipinski definition) is 8. The molecule has 0 rings (SSSR count). The third-order valence-corrected chi connectivity index (χ3v) is 3.13. The molecule has 0 fully saturated rings. The molecule has 8 nitrogen and oxygen atoms in total. The second kappa shape index (κ2) is 15.8. The Morgan fingerprint density at radius 2 is 1.61 bits per heavy atom. The van der Waals surface area contributed by atoms with Crippen LogP contribution in [0.5, 0.6) is 0 Å². The fraction of sp³-hybridized carbons (Fsp3) is 0.867. The summed E-state index contributed by atoms with van der Waals surface area (Å²) >= 11 is 0. The molecule has 138 valence electrons. The molecular weight excluding hydrogens is 308 g/mol. The zero-order chi connectivity index (χ0) is 18.3. The molecule has 0 saturated carbocycles. The molecule has 0 unspecified atom stereocenters. The third kappa shape index (κ3) is 13.1. The van der Waals surface area contributed by atoms with Gasteiger partial charge in [0.25, 0.3) is 0 Å². The Labute approximate surface area is 136 Å². The van der Waals surface area contributed by atoms with Crippen molar-refractivity contribution in [2.24, 2.45) is 0 Å².